The molecule has 0 aliphatic carbocycles. The molecule has 2 heterocycles. The van der Waals surface area contributed by atoms with E-state index in [1.54, 1.807) is 10.4 Å². The van der Waals surface area contributed by atoms with Gasteiger partial charge in [-0.3, -0.25) is 4.31 Å². The van der Waals surface area contributed by atoms with Crippen LogP contribution in [0.3, 0.4) is 0 Å². The van der Waals surface area contributed by atoms with Gasteiger partial charge in [0.25, 0.3) is 0 Å². The summed E-state index contributed by atoms with van der Waals surface area (Å²) in [4.78, 5) is 2.22. The van der Waals surface area contributed by atoms with Gasteiger partial charge in [-0.15, -0.1) is 0 Å². The molecular formula is C18H21N3O3S. The van der Waals surface area contributed by atoms with Crippen LogP contribution in [0.2, 0.25) is 0 Å². The van der Waals surface area contributed by atoms with E-state index < -0.39 is 10.2 Å². The van der Waals surface area contributed by atoms with E-state index in [0.717, 1.165) is 5.69 Å². The Morgan fingerprint density at radius 1 is 0.800 bits per heavy atom. The van der Waals surface area contributed by atoms with Crippen molar-refractivity contribution in [2.45, 2.75) is 0 Å². The van der Waals surface area contributed by atoms with Crippen LogP contribution < -0.4 is 13.9 Å². The average molecular weight is 359 g/mol. The normalized spacial score (nSPS) is 18.6. The third-order valence-corrected chi connectivity index (χ3v) is 6.60. The van der Waals surface area contributed by atoms with Crippen molar-refractivity contribution in [3.63, 3.8) is 0 Å². The third-order valence-electron chi connectivity index (χ3n) is 4.65. The highest BCUT2D eigenvalue weighted by molar-refractivity contribution is 7.90. The molecule has 2 aliphatic heterocycles. The van der Waals surface area contributed by atoms with Crippen molar-refractivity contribution >= 4 is 21.6 Å². The van der Waals surface area contributed by atoms with Crippen LogP contribution in [0.5, 0.6) is 5.75 Å². The number of hydrogen-bond acceptors (Lipinski definition) is 4. The minimum atomic E-state index is -3.54. The van der Waals surface area contributed by atoms with Crippen LogP contribution in [0, 0.1) is 0 Å². The molecule has 0 N–H and O–H groups in total. The molecule has 1 fully saturated rings. The molecule has 0 aromatic heterocycles. The fourth-order valence-corrected chi connectivity index (χ4v) is 4.95. The maximum Gasteiger partial charge on any atom is 0.304 e. The number of hydrogen-bond donors (Lipinski definition) is 0. The van der Waals surface area contributed by atoms with Gasteiger partial charge in [0.15, 0.2) is 0 Å². The first-order chi connectivity index (χ1) is 12.2. The zero-order valence-corrected chi connectivity index (χ0v) is 14.7. The minimum Gasteiger partial charge on any atom is -0.489 e. The molecule has 7 heteroatoms. The van der Waals surface area contributed by atoms with Crippen molar-refractivity contribution in [1.29, 1.82) is 0 Å². The largest absolute Gasteiger partial charge is 0.489 e. The molecule has 0 atom stereocenters. The highest BCUT2D eigenvalue weighted by atomic mass is 32.2. The average Bonchev–Trinajstić information content (AvgIpc) is 2.68. The molecule has 4 rings (SSSR count). The highest BCUT2D eigenvalue weighted by Gasteiger charge is 2.35. The van der Waals surface area contributed by atoms with E-state index in [1.807, 2.05) is 36.4 Å². The van der Waals surface area contributed by atoms with Crippen molar-refractivity contribution < 1.29 is 13.2 Å². The SMILES string of the molecule is O=S(=O)(N1CCN(c2ccccc2)CC1)N1CCOc2ccccc21. The number of para-hydroxylation sites is 3. The van der Waals surface area contributed by atoms with E-state index in [4.69, 9.17) is 4.74 Å². The number of rotatable bonds is 3. The first-order valence-corrected chi connectivity index (χ1v) is 9.85. The minimum absolute atomic E-state index is 0.345. The van der Waals surface area contributed by atoms with Crippen LogP contribution in [0.4, 0.5) is 11.4 Å². The van der Waals surface area contributed by atoms with E-state index in [0.29, 0.717) is 50.8 Å². The molecule has 2 aromatic carbocycles. The molecule has 25 heavy (non-hydrogen) atoms. The van der Waals surface area contributed by atoms with E-state index in [1.165, 1.54) is 4.31 Å². The van der Waals surface area contributed by atoms with Gasteiger partial charge in [-0.25, -0.2) is 0 Å². The molecule has 0 saturated carbocycles. The number of fused-ring (bicyclic) bond motifs is 1. The predicted octanol–water partition coefficient (Wildman–Crippen LogP) is 1.95. The third kappa shape index (κ3) is 3.05. The number of ether oxygens (including phenoxy) is 1. The molecule has 0 radical (unpaired) electrons. The van der Waals surface area contributed by atoms with Crippen molar-refractivity contribution in [2.24, 2.45) is 0 Å². The smallest absolute Gasteiger partial charge is 0.304 e. The van der Waals surface area contributed by atoms with Crippen LogP contribution in [-0.4, -0.2) is 52.1 Å². The van der Waals surface area contributed by atoms with Gasteiger partial charge >= 0.3 is 10.2 Å². The molecule has 2 aromatic rings. The Hall–Kier alpha value is -2.25. The summed E-state index contributed by atoms with van der Waals surface area (Å²) in [6.45, 7) is 3.07. The lowest BCUT2D eigenvalue weighted by molar-refractivity contribution is 0.311. The summed E-state index contributed by atoms with van der Waals surface area (Å²) in [7, 11) is -3.54. The highest BCUT2D eigenvalue weighted by Crippen LogP contribution is 2.34. The van der Waals surface area contributed by atoms with Crippen molar-refractivity contribution in [3.8, 4) is 5.75 Å². The Labute approximate surface area is 148 Å². The van der Waals surface area contributed by atoms with Gasteiger partial charge in [-0.2, -0.15) is 12.7 Å². The first-order valence-electron chi connectivity index (χ1n) is 8.46. The van der Waals surface area contributed by atoms with E-state index in [-0.39, 0.29) is 0 Å². The first kappa shape index (κ1) is 16.2. The van der Waals surface area contributed by atoms with Crippen molar-refractivity contribution in [1.82, 2.24) is 4.31 Å². The Morgan fingerprint density at radius 2 is 1.48 bits per heavy atom. The Balaban J connectivity index is 1.51. The molecular weight excluding hydrogens is 338 g/mol. The van der Waals surface area contributed by atoms with Crippen molar-refractivity contribution in [3.05, 3.63) is 54.6 Å². The van der Waals surface area contributed by atoms with Crippen LogP contribution >= 0.6 is 0 Å². The predicted molar refractivity (Wildman–Crippen MR) is 98.4 cm³/mol. The summed E-state index contributed by atoms with van der Waals surface area (Å²) >= 11 is 0. The summed E-state index contributed by atoms with van der Waals surface area (Å²) in [6.07, 6.45) is 0. The lowest BCUT2D eigenvalue weighted by Gasteiger charge is -2.39. The standard InChI is InChI=1S/C18H21N3O3S/c22-25(23,21-14-15-24-18-9-5-4-8-17(18)21)20-12-10-19(11-13-20)16-6-2-1-3-7-16/h1-9H,10-15H2. The van der Waals surface area contributed by atoms with E-state index >= 15 is 0 Å². The maximum atomic E-state index is 13.1. The number of benzene rings is 2. The summed E-state index contributed by atoms with van der Waals surface area (Å²) in [5, 5.41) is 0. The number of anilines is 2. The lowest BCUT2D eigenvalue weighted by Crippen LogP contribution is -2.54. The van der Waals surface area contributed by atoms with E-state index in [9.17, 15) is 8.42 Å². The van der Waals surface area contributed by atoms with Gasteiger partial charge in [-0.05, 0) is 24.3 Å². The quantitative estimate of drug-likeness (QED) is 0.841. The maximum absolute atomic E-state index is 13.1. The van der Waals surface area contributed by atoms with Crippen LogP contribution in [0.15, 0.2) is 54.6 Å². The fourth-order valence-electron chi connectivity index (χ4n) is 3.34. The van der Waals surface area contributed by atoms with Gasteiger partial charge in [-0.1, -0.05) is 30.3 Å². The number of piperazine rings is 1. The second kappa shape index (κ2) is 6.57. The summed E-state index contributed by atoms with van der Waals surface area (Å²) < 4.78 is 34.9. The van der Waals surface area contributed by atoms with Gasteiger partial charge in [0.2, 0.25) is 0 Å². The zero-order chi connectivity index (χ0) is 17.3. The monoisotopic (exact) mass is 359 g/mol. The van der Waals surface area contributed by atoms with Crippen LogP contribution in [0.1, 0.15) is 0 Å². The summed E-state index contributed by atoms with van der Waals surface area (Å²) in [6, 6.07) is 17.4. The van der Waals surface area contributed by atoms with Gasteiger partial charge in [0, 0.05) is 31.9 Å². The summed E-state index contributed by atoms with van der Waals surface area (Å²) in [5.41, 5.74) is 1.76. The Kier molecular flexibility index (Phi) is 4.27. The molecule has 1 saturated heterocycles. The topological polar surface area (TPSA) is 53.1 Å². The molecule has 6 nitrogen and oxygen atoms in total. The number of nitrogens with zero attached hydrogens (tertiary/aromatic N) is 3. The second-order valence-corrected chi connectivity index (χ2v) is 7.97. The Bertz CT molecular complexity index is 834. The van der Waals surface area contributed by atoms with E-state index in [2.05, 4.69) is 17.0 Å². The zero-order valence-electron chi connectivity index (χ0n) is 13.9. The Morgan fingerprint density at radius 3 is 2.24 bits per heavy atom. The van der Waals surface area contributed by atoms with Crippen LogP contribution in [0.25, 0.3) is 0 Å². The molecule has 0 bridgehead atoms. The fraction of sp³-hybridized carbons (Fsp3) is 0.333. The summed E-state index contributed by atoms with van der Waals surface area (Å²) in [5.74, 6) is 0.625. The van der Waals surface area contributed by atoms with Gasteiger partial charge in [0.05, 0.1) is 12.2 Å². The molecule has 0 spiro atoms. The van der Waals surface area contributed by atoms with Gasteiger partial charge in [0.1, 0.15) is 12.4 Å². The molecule has 132 valence electrons. The second-order valence-electron chi connectivity index (χ2n) is 6.12. The lowest BCUT2D eigenvalue weighted by atomic mass is 10.2. The van der Waals surface area contributed by atoms with Crippen molar-refractivity contribution in [2.75, 3.05) is 48.5 Å². The van der Waals surface area contributed by atoms with Gasteiger partial charge < -0.3 is 9.64 Å². The molecule has 2 aliphatic rings. The molecule has 0 amide bonds. The molecule has 0 unspecified atom stereocenters. The van der Waals surface area contributed by atoms with Crippen LogP contribution in [-0.2, 0) is 10.2 Å².